The maximum absolute atomic E-state index is 9.40. The van der Waals surface area contributed by atoms with Gasteiger partial charge in [-0.25, -0.2) is 0 Å². The number of ether oxygens (including phenoxy) is 1. The maximum atomic E-state index is 9.40. The van der Waals surface area contributed by atoms with E-state index < -0.39 is 0 Å². The van der Waals surface area contributed by atoms with Gasteiger partial charge < -0.3 is 20.5 Å². The van der Waals surface area contributed by atoms with Gasteiger partial charge in [0.2, 0.25) is 0 Å². The molecule has 3 N–H and O–H groups in total. The van der Waals surface area contributed by atoms with Crippen molar-refractivity contribution in [3.05, 3.63) is 0 Å². The van der Waals surface area contributed by atoms with Crippen LogP contribution in [0.3, 0.4) is 0 Å². The van der Waals surface area contributed by atoms with Gasteiger partial charge in [-0.05, 0) is 44.4 Å². The molecule has 0 aromatic rings. The van der Waals surface area contributed by atoms with Gasteiger partial charge in [0.15, 0.2) is 5.96 Å². The van der Waals surface area contributed by atoms with Crippen molar-refractivity contribution in [2.45, 2.75) is 64.4 Å². The second kappa shape index (κ2) is 11.5. The molecule has 1 unspecified atom stereocenters. The third kappa shape index (κ3) is 7.13. The molecule has 1 saturated heterocycles. The number of nitrogens with one attached hydrogen (secondary N) is 2. The number of hydrogen-bond donors (Lipinski definition) is 3. The number of hydrogen-bond acceptors (Lipinski definition) is 3. The summed E-state index contributed by atoms with van der Waals surface area (Å²) in [5.41, 5.74) is 0.208. The van der Waals surface area contributed by atoms with Gasteiger partial charge in [-0.2, -0.15) is 0 Å². The van der Waals surface area contributed by atoms with E-state index in [9.17, 15) is 5.11 Å². The number of aliphatic hydroxyl groups excluding tert-OH is 1. The summed E-state index contributed by atoms with van der Waals surface area (Å²) in [5, 5.41) is 16.1. The molecule has 0 amide bonds. The summed E-state index contributed by atoms with van der Waals surface area (Å²) in [5.74, 6) is 0.890. The SMILES string of the molecule is CCNC(=NCC1(CCO)CCCCC1)NCC1CCCO1.I. The molecule has 1 aliphatic heterocycles. The molecule has 2 aliphatic rings. The lowest BCUT2D eigenvalue weighted by molar-refractivity contribution is 0.113. The number of halogens is 1. The van der Waals surface area contributed by atoms with Crippen molar-refractivity contribution in [3.63, 3.8) is 0 Å². The fraction of sp³-hybridized carbons (Fsp3) is 0.941. The summed E-state index contributed by atoms with van der Waals surface area (Å²) >= 11 is 0. The van der Waals surface area contributed by atoms with Crippen molar-refractivity contribution in [1.29, 1.82) is 0 Å². The maximum Gasteiger partial charge on any atom is 0.191 e. The molecule has 0 aromatic heterocycles. The van der Waals surface area contributed by atoms with E-state index in [0.29, 0.717) is 6.10 Å². The molecule has 0 bridgehead atoms. The predicted molar refractivity (Wildman–Crippen MR) is 106 cm³/mol. The van der Waals surface area contributed by atoms with Crippen LogP contribution in [0.2, 0.25) is 0 Å². The van der Waals surface area contributed by atoms with Crippen LogP contribution in [0.1, 0.15) is 58.3 Å². The fourth-order valence-electron chi connectivity index (χ4n) is 3.63. The van der Waals surface area contributed by atoms with E-state index in [2.05, 4.69) is 17.6 Å². The third-order valence-electron chi connectivity index (χ3n) is 4.99. The molecule has 6 heteroatoms. The molecule has 5 nitrogen and oxygen atoms in total. The van der Waals surface area contributed by atoms with Crippen molar-refractivity contribution in [2.24, 2.45) is 10.4 Å². The number of aliphatic hydroxyl groups is 1. The summed E-state index contributed by atoms with van der Waals surface area (Å²) < 4.78 is 5.66. The highest BCUT2D eigenvalue weighted by Gasteiger charge is 2.31. The Hall–Kier alpha value is -0.0800. The number of aliphatic imine (C=N–C) groups is 1. The lowest BCUT2D eigenvalue weighted by Crippen LogP contribution is -2.42. The van der Waals surface area contributed by atoms with Gasteiger partial charge >= 0.3 is 0 Å². The monoisotopic (exact) mass is 439 g/mol. The molecule has 1 heterocycles. The van der Waals surface area contributed by atoms with Gasteiger partial charge in [-0.3, -0.25) is 4.99 Å². The first-order valence-electron chi connectivity index (χ1n) is 9.03. The van der Waals surface area contributed by atoms with Crippen molar-refractivity contribution >= 4 is 29.9 Å². The predicted octanol–water partition coefficient (Wildman–Crippen LogP) is 2.67. The normalized spacial score (nSPS) is 24.1. The molecule has 0 radical (unpaired) electrons. The van der Waals surface area contributed by atoms with Crippen LogP contribution < -0.4 is 10.6 Å². The van der Waals surface area contributed by atoms with Crippen LogP contribution in [0.5, 0.6) is 0 Å². The second-order valence-corrected chi connectivity index (χ2v) is 6.75. The highest BCUT2D eigenvalue weighted by molar-refractivity contribution is 14.0. The van der Waals surface area contributed by atoms with E-state index >= 15 is 0 Å². The molecular formula is C17H34IN3O2. The number of nitrogens with zero attached hydrogens (tertiary/aromatic N) is 1. The first kappa shape index (κ1) is 21.0. The molecule has 2 fully saturated rings. The van der Waals surface area contributed by atoms with E-state index in [4.69, 9.17) is 9.73 Å². The van der Waals surface area contributed by atoms with Gasteiger partial charge in [-0.1, -0.05) is 19.3 Å². The highest BCUT2D eigenvalue weighted by atomic mass is 127. The molecule has 23 heavy (non-hydrogen) atoms. The van der Waals surface area contributed by atoms with E-state index in [1.54, 1.807) is 0 Å². The van der Waals surface area contributed by atoms with Crippen LogP contribution >= 0.6 is 24.0 Å². The Morgan fingerprint density at radius 1 is 1.22 bits per heavy atom. The highest BCUT2D eigenvalue weighted by Crippen LogP contribution is 2.39. The molecule has 2 rings (SSSR count). The smallest absolute Gasteiger partial charge is 0.191 e. The minimum Gasteiger partial charge on any atom is -0.396 e. The Labute approximate surface area is 158 Å². The van der Waals surface area contributed by atoms with Gasteiger partial charge in [-0.15, -0.1) is 24.0 Å². The quantitative estimate of drug-likeness (QED) is 0.324. The van der Waals surface area contributed by atoms with Crippen molar-refractivity contribution < 1.29 is 9.84 Å². The standard InChI is InChI=1S/C17H33N3O2.HI/c1-2-18-16(19-13-15-7-6-12-22-15)20-14-17(10-11-21)8-4-3-5-9-17;/h15,21H,2-14H2,1H3,(H2,18,19,20);1H. The number of guanidine groups is 1. The van der Waals surface area contributed by atoms with Crippen LogP contribution in [0.25, 0.3) is 0 Å². The molecule has 0 spiro atoms. The summed E-state index contributed by atoms with van der Waals surface area (Å²) in [7, 11) is 0. The summed E-state index contributed by atoms with van der Waals surface area (Å²) in [6.07, 6.45) is 9.77. The van der Waals surface area contributed by atoms with Crippen molar-refractivity contribution in [3.8, 4) is 0 Å². The minimum absolute atomic E-state index is 0. The fourth-order valence-corrected chi connectivity index (χ4v) is 3.63. The lowest BCUT2D eigenvalue weighted by Gasteiger charge is -2.35. The molecule has 136 valence electrons. The molecule has 0 aromatic carbocycles. The van der Waals surface area contributed by atoms with Crippen LogP contribution in [-0.2, 0) is 4.74 Å². The Balaban J connectivity index is 0.00000264. The van der Waals surface area contributed by atoms with Crippen LogP contribution in [-0.4, -0.2) is 50.0 Å². The zero-order valence-electron chi connectivity index (χ0n) is 14.5. The Morgan fingerprint density at radius 2 is 2.00 bits per heavy atom. The molecular weight excluding hydrogens is 405 g/mol. The van der Waals surface area contributed by atoms with Gasteiger partial charge in [0.05, 0.1) is 6.10 Å². The van der Waals surface area contributed by atoms with E-state index in [0.717, 1.165) is 45.0 Å². The average Bonchev–Trinajstić information content (AvgIpc) is 3.05. The zero-order chi connectivity index (χ0) is 15.7. The van der Waals surface area contributed by atoms with Crippen LogP contribution in [0, 0.1) is 5.41 Å². The third-order valence-corrected chi connectivity index (χ3v) is 4.99. The van der Waals surface area contributed by atoms with Gasteiger partial charge in [0.25, 0.3) is 0 Å². The largest absolute Gasteiger partial charge is 0.396 e. The Bertz CT molecular complexity index is 335. The molecule has 1 aliphatic carbocycles. The van der Waals surface area contributed by atoms with E-state index in [1.807, 2.05) is 0 Å². The van der Waals surface area contributed by atoms with E-state index in [-0.39, 0.29) is 36.0 Å². The van der Waals surface area contributed by atoms with Gasteiger partial charge in [0.1, 0.15) is 0 Å². The first-order valence-corrected chi connectivity index (χ1v) is 9.03. The zero-order valence-corrected chi connectivity index (χ0v) is 16.8. The van der Waals surface area contributed by atoms with E-state index in [1.165, 1.54) is 38.5 Å². The summed E-state index contributed by atoms with van der Waals surface area (Å²) in [4.78, 5) is 4.82. The molecule has 1 saturated carbocycles. The minimum atomic E-state index is 0. The average molecular weight is 439 g/mol. The first-order chi connectivity index (χ1) is 10.8. The summed E-state index contributed by atoms with van der Waals surface area (Å²) in [6, 6.07) is 0. The van der Waals surface area contributed by atoms with Crippen molar-refractivity contribution in [1.82, 2.24) is 10.6 Å². The van der Waals surface area contributed by atoms with Crippen LogP contribution in [0.4, 0.5) is 0 Å². The lowest BCUT2D eigenvalue weighted by atomic mass is 9.72. The van der Waals surface area contributed by atoms with Gasteiger partial charge in [0, 0.05) is 32.8 Å². The Kier molecular flexibility index (Phi) is 10.5. The van der Waals surface area contributed by atoms with Crippen LogP contribution in [0.15, 0.2) is 4.99 Å². The summed E-state index contributed by atoms with van der Waals surface area (Å²) in [6.45, 7) is 5.76. The van der Waals surface area contributed by atoms with Crippen molar-refractivity contribution in [2.75, 3.05) is 32.8 Å². The number of rotatable bonds is 7. The topological polar surface area (TPSA) is 65.9 Å². The Morgan fingerprint density at radius 3 is 2.61 bits per heavy atom. The second-order valence-electron chi connectivity index (χ2n) is 6.75. The molecule has 1 atom stereocenters.